The molecule has 0 aliphatic carbocycles. The molecule has 0 unspecified atom stereocenters. The van der Waals surface area contributed by atoms with Crippen molar-refractivity contribution in [3.8, 4) is 0 Å². The molecule has 0 atom stereocenters. The van der Waals surface area contributed by atoms with Gasteiger partial charge in [0.2, 0.25) is 0 Å². The SMILES string of the molecule is CCCOC(=O)OCCCC(F)(F)C(F)(F)F. The number of ether oxygens (including phenoxy) is 2. The van der Waals surface area contributed by atoms with E-state index in [4.69, 9.17) is 0 Å². The van der Waals surface area contributed by atoms with Crippen LogP contribution in [0.4, 0.5) is 26.7 Å². The summed E-state index contributed by atoms with van der Waals surface area (Å²) in [6.07, 6.45) is -8.09. The predicted octanol–water partition coefficient (Wildman–Crippen LogP) is 3.53. The molecule has 0 aromatic heterocycles. The Morgan fingerprint density at radius 2 is 1.59 bits per heavy atom. The summed E-state index contributed by atoms with van der Waals surface area (Å²) >= 11 is 0. The van der Waals surface area contributed by atoms with Crippen molar-refractivity contribution in [2.24, 2.45) is 0 Å². The van der Waals surface area contributed by atoms with Crippen molar-refractivity contribution in [2.45, 2.75) is 38.3 Å². The molecular formula is C9H13F5O3. The third kappa shape index (κ3) is 6.28. The second-order valence-corrected chi connectivity index (χ2v) is 3.25. The summed E-state index contributed by atoms with van der Waals surface area (Å²) in [6.45, 7) is 1.31. The molecule has 0 aliphatic heterocycles. The summed E-state index contributed by atoms with van der Waals surface area (Å²) in [5.41, 5.74) is 0. The minimum atomic E-state index is -5.57. The van der Waals surface area contributed by atoms with Crippen LogP contribution in [0.15, 0.2) is 0 Å². The maximum atomic E-state index is 12.4. The Bertz CT molecular complexity index is 239. The predicted molar refractivity (Wildman–Crippen MR) is 47.8 cm³/mol. The minimum Gasteiger partial charge on any atom is -0.434 e. The normalized spacial score (nSPS) is 12.4. The Morgan fingerprint density at radius 3 is 2.06 bits per heavy atom. The number of hydrogen-bond acceptors (Lipinski definition) is 3. The molecule has 0 aromatic rings. The Balaban J connectivity index is 3.75. The van der Waals surface area contributed by atoms with E-state index >= 15 is 0 Å². The molecular weight excluding hydrogens is 251 g/mol. The lowest BCUT2D eigenvalue weighted by Crippen LogP contribution is -2.36. The lowest BCUT2D eigenvalue weighted by Gasteiger charge is -2.19. The Hall–Kier alpha value is -1.08. The van der Waals surface area contributed by atoms with Crippen LogP contribution in [-0.4, -0.2) is 31.5 Å². The van der Waals surface area contributed by atoms with E-state index in [9.17, 15) is 26.7 Å². The van der Waals surface area contributed by atoms with Crippen LogP contribution >= 0.6 is 0 Å². The molecule has 0 saturated heterocycles. The van der Waals surface area contributed by atoms with Crippen molar-refractivity contribution >= 4 is 6.16 Å². The van der Waals surface area contributed by atoms with E-state index in [1.807, 2.05) is 0 Å². The first kappa shape index (κ1) is 15.9. The van der Waals surface area contributed by atoms with Crippen molar-refractivity contribution in [3.63, 3.8) is 0 Å². The number of rotatable bonds is 6. The molecule has 0 bridgehead atoms. The summed E-state index contributed by atoms with van der Waals surface area (Å²) in [4.78, 5) is 10.7. The van der Waals surface area contributed by atoms with Crippen molar-refractivity contribution in [1.29, 1.82) is 0 Å². The summed E-state index contributed by atoms with van der Waals surface area (Å²) in [7, 11) is 0. The average molecular weight is 264 g/mol. The second-order valence-electron chi connectivity index (χ2n) is 3.25. The van der Waals surface area contributed by atoms with Crippen LogP contribution in [0.5, 0.6) is 0 Å². The molecule has 0 saturated carbocycles. The summed E-state index contributed by atoms with van der Waals surface area (Å²) < 4.78 is 68.5. The molecule has 0 amide bonds. The van der Waals surface area contributed by atoms with E-state index < -0.39 is 37.7 Å². The van der Waals surface area contributed by atoms with E-state index in [0.717, 1.165) is 0 Å². The van der Waals surface area contributed by atoms with Crippen LogP contribution in [0.1, 0.15) is 26.2 Å². The van der Waals surface area contributed by atoms with Gasteiger partial charge in [0.1, 0.15) is 0 Å². The number of alkyl halides is 5. The van der Waals surface area contributed by atoms with Crippen LogP contribution in [-0.2, 0) is 9.47 Å². The van der Waals surface area contributed by atoms with Crippen LogP contribution in [0.25, 0.3) is 0 Å². The highest BCUT2D eigenvalue weighted by Crippen LogP contribution is 2.38. The van der Waals surface area contributed by atoms with Gasteiger partial charge in [-0.25, -0.2) is 4.79 Å². The van der Waals surface area contributed by atoms with Crippen LogP contribution in [0.2, 0.25) is 0 Å². The largest absolute Gasteiger partial charge is 0.508 e. The third-order valence-corrected chi connectivity index (χ3v) is 1.69. The standard InChI is InChI=1S/C9H13F5O3/c1-2-5-16-7(15)17-6-3-4-8(10,11)9(12,13)14/h2-6H2,1H3. The molecule has 0 aliphatic rings. The highest BCUT2D eigenvalue weighted by molar-refractivity contribution is 5.59. The zero-order valence-corrected chi connectivity index (χ0v) is 9.15. The Morgan fingerprint density at radius 1 is 1.06 bits per heavy atom. The molecule has 17 heavy (non-hydrogen) atoms. The van der Waals surface area contributed by atoms with Gasteiger partial charge in [-0.05, 0) is 12.8 Å². The van der Waals surface area contributed by atoms with E-state index in [-0.39, 0.29) is 6.61 Å². The minimum absolute atomic E-state index is 0.109. The second kappa shape index (κ2) is 6.61. The zero-order chi connectivity index (χ0) is 13.5. The first-order valence-corrected chi connectivity index (χ1v) is 4.95. The lowest BCUT2D eigenvalue weighted by atomic mass is 10.2. The van der Waals surface area contributed by atoms with Crippen molar-refractivity contribution in [3.05, 3.63) is 0 Å². The zero-order valence-electron chi connectivity index (χ0n) is 9.15. The van der Waals surface area contributed by atoms with Gasteiger partial charge in [0.15, 0.2) is 0 Å². The molecule has 0 radical (unpaired) electrons. The van der Waals surface area contributed by atoms with Gasteiger partial charge in [0.05, 0.1) is 13.2 Å². The summed E-state index contributed by atoms with van der Waals surface area (Å²) in [6, 6.07) is 0. The van der Waals surface area contributed by atoms with Crippen LogP contribution in [0, 0.1) is 0 Å². The maximum absolute atomic E-state index is 12.4. The lowest BCUT2D eigenvalue weighted by molar-refractivity contribution is -0.284. The summed E-state index contributed by atoms with van der Waals surface area (Å²) in [5.74, 6) is -4.76. The monoisotopic (exact) mass is 264 g/mol. The van der Waals surface area contributed by atoms with Gasteiger partial charge >= 0.3 is 18.3 Å². The van der Waals surface area contributed by atoms with E-state index in [1.165, 1.54) is 0 Å². The number of carbonyl (C=O) groups is 1. The topological polar surface area (TPSA) is 35.5 Å². The number of carbonyl (C=O) groups excluding carboxylic acids is 1. The van der Waals surface area contributed by atoms with Crippen molar-refractivity contribution in [2.75, 3.05) is 13.2 Å². The molecule has 0 fully saturated rings. The smallest absolute Gasteiger partial charge is 0.434 e. The van der Waals surface area contributed by atoms with Gasteiger partial charge in [0, 0.05) is 6.42 Å². The summed E-state index contributed by atoms with van der Waals surface area (Å²) in [5, 5.41) is 0. The van der Waals surface area contributed by atoms with Gasteiger partial charge in [-0.15, -0.1) is 0 Å². The van der Waals surface area contributed by atoms with Crippen molar-refractivity contribution in [1.82, 2.24) is 0 Å². The van der Waals surface area contributed by atoms with Crippen molar-refractivity contribution < 1.29 is 36.2 Å². The Kier molecular flexibility index (Phi) is 6.19. The fraction of sp³-hybridized carbons (Fsp3) is 0.889. The molecule has 3 nitrogen and oxygen atoms in total. The molecule has 0 heterocycles. The van der Waals surface area contributed by atoms with Gasteiger partial charge in [0.25, 0.3) is 0 Å². The van der Waals surface area contributed by atoms with Gasteiger partial charge in [-0.2, -0.15) is 22.0 Å². The molecule has 0 N–H and O–H groups in total. The molecule has 8 heteroatoms. The molecule has 0 aromatic carbocycles. The first-order valence-electron chi connectivity index (χ1n) is 4.95. The van der Waals surface area contributed by atoms with E-state index in [1.54, 1.807) is 6.92 Å². The molecule has 0 rings (SSSR count). The maximum Gasteiger partial charge on any atom is 0.508 e. The van der Waals surface area contributed by atoms with Gasteiger partial charge in [-0.1, -0.05) is 6.92 Å². The van der Waals surface area contributed by atoms with E-state index in [0.29, 0.717) is 6.42 Å². The highest BCUT2D eigenvalue weighted by atomic mass is 19.4. The first-order chi connectivity index (χ1) is 7.70. The quantitative estimate of drug-likeness (QED) is 0.418. The van der Waals surface area contributed by atoms with E-state index in [2.05, 4.69) is 9.47 Å². The molecule has 0 spiro atoms. The highest BCUT2D eigenvalue weighted by Gasteiger charge is 2.56. The van der Waals surface area contributed by atoms with Gasteiger partial charge in [-0.3, -0.25) is 0 Å². The fourth-order valence-electron chi connectivity index (χ4n) is 0.818. The van der Waals surface area contributed by atoms with Gasteiger partial charge < -0.3 is 9.47 Å². The number of hydrogen-bond donors (Lipinski definition) is 0. The Labute approximate surface area is 94.9 Å². The molecule has 102 valence electrons. The third-order valence-electron chi connectivity index (χ3n) is 1.69. The fourth-order valence-corrected chi connectivity index (χ4v) is 0.818. The average Bonchev–Trinajstić information content (AvgIpc) is 2.20. The van der Waals surface area contributed by atoms with Crippen LogP contribution < -0.4 is 0 Å². The van der Waals surface area contributed by atoms with Crippen LogP contribution in [0.3, 0.4) is 0 Å². The number of halogens is 5.